The van der Waals surface area contributed by atoms with Crippen LogP contribution in [0.4, 0.5) is 23.2 Å². The number of alkyl halides is 3. The molecule has 9 heteroatoms. The first kappa shape index (κ1) is 25.6. The van der Waals surface area contributed by atoms with E-state index < -0.39 is 35.7 Å². The smallest absolute Gasteiger partial charge is 0.392 e. The van der Waals surface area contributed by atoms with Crippen molar-refractivity contribution in [1.29, 1.82) is 0 Å². The van der Waals surface area contributed by atoms with Crippen molar-refractivity contribution in [2.24, 2.45) is 11.8 Å². The zero-order valence-corrected chi connectivity index (χ0v) is 18.5. The van der Waals surface area contributed by atoms with Gasteiger partial charge in [0.15, 0.2) is 0 Å². The van der Waals surface area contributed by atoms with Gasteiger partial charge in [-0.25, -0.2) is 4.39 Å². The second-order valence-electron chi connectivity index (χ2n) is 8.04. The number of carboxylic acid groups (broad SMARTS) is 1. The SMILES string of the molecule is CC(C)C(CC(=O)O)c1ccc(Cl)c(NC(=O)[C@H](c2ccc(F)cc2)[C@@H](C)C(F)(F)F)c1. The third-order valence-corrected chi connectivity index (χ3v) is 5.73. The van der Waals surface area contributed by atoms with Crippen LogP contribution in [-0.2, 0) is 9.59 Å². The molecule has 1 unspecified atom stereocenters. The molecule has 2 aromatic carbocycles. The summed E-state index contributed by atoms with van der Waals surface area (Å²) >= 11 is 6.17. The Morgan fingerprint density at radius 1 is 1.03 bits per heavy atom. The molecule has 0 saturated heterocycles. The van der Waals surface area contributed by atoms with E-state index in [2.05, 4.69) is 5.32 Å². The molecule has 0 aliphatic rings. The minimum Gasteiger partial charge on any atom is -0.481 e. The van der Waals surface area contributed by atoms with Crippen LogP contribution >= 0.6 is 11.6 Å². The molecule has 3 atom stereocenters. The van der Waals surface area contributed by atoms with E-state index >= 15 is 0 Å². The van der Waals surface area contributed by atoms with Crippen LogP contribution in [0.25, 0.3) is 0 Å². The molecule has 174 valence electrons. The number of aliphatic carboxylic acids is 1. The molecule has 0 fully saturated rings. The van der Waals surface area contributed by atoms with Crippen molar-refractivity contribution in [3.63, 3.8) is 0 Å². The number of hydrogen-bond donors (Lipinski definition) is 2. The van der Waals surface area contributed by atoms with E-state index in [1.807, 2.05) is 13.8 Å². The number of halogens is 5. The summed E-state index contributed by atoms with van der Waals surface area (Å²) in [6.07, 6.45) is -4.83. The summed E-state index contributed by atoms with van der Waals surface area (Å²) < 4.78 is 53.7. The van der Waals surface area contributed by atoms with Gasteiger partial charge in [0.25, 0.3) is 0 Å². The number of carboxylic acids is 1. The highest BCUT2D eigenvalue weighted by Crippen LogP contribution is 2.39. The van der Waals surface area contributed by atoms with E-state index in [-0.39, 0.29) is 34.5 Å². The van der Waals surface area contributed by atoms with E-state index in [1.54, 1.807) is 6.07 Å². The molecule has 0 aliphatic carbocycles. The molecule has 0 radical (unpaired) electrons. The van der Waals surface area contributed by atoms with Crippen LogP contribution in [0.3, 0.4) is 0 Å². The van der Waals surface area contributed by atoms with Crippen molar-refractivity contribution in [3.05, 3.63) is 64.4 Å². The highest BCUT2D eigenvalue weighted by molar-refractivity contribution is 6.33. The Morgan fingerprint density at radius 2 is 1.59 bits per heavy atom. The maximum atomic E-state index is 13.5. The molecular weight excluding hydrogens is 450 g/mol. The first-order valence-corrected chi connectivity index (χ1v) is 10.3. The van der Waals surface area contributed by atoms with Crippen LogP contribution in [0, 0.1) is 17.7 Å². The molecular formula is C23H24ClF4NO3. The summed E-state index contributed by atoms with van der Waals surface area (Å²) in [5, 5.41) is 11.7. The van der Waals surface area contributed by atoms with Gasteiger partial charge in [-0.15, -0.1) is 0 Å². The number of carbonyl (C=O) groups is 2. The van der Waals surface area contributed by atoms with Crippen molar-refractivity contribution in [2.45, 2.75) is 45.2 Å². The highest BCUT2D eigenvalue weighted by Gasteiger charge is 2.45. The Kier molecular flexibility index (Phi) is 8.29. The van der Waals surface area contributed by atoms with Gasteiger partial charge in [-0.2, -0.15) is 13.2 Å². The van der Waals surface area contributed by atoms with Crippen LogP contribution in [0.5, 0.6) is 0 Å². The third kappa shape index (κ3) is 6.45. The molecule has 0 saturated carbocycles. The number of benzene rings is 2. The monoisotopic (exact) mass is 473 g/mol. The molecule has 2 rings (SSSR count). The Morgan fingerprint density at radius 3 is 2.09 bits per heavy atom. The molecule has 1 amide bonds. The van der Waals surface area contributed by atoms with Gasteiger partial charge in [0.05, 0.1) is 29.0 Å². The largest absolute Gasteiger partial charge is 0.481 e. The average Bonchev–Trinajstić information content (AvgIpc) is 2.68. The number of amides is 1. The molecule has 2 N–H and O–H groups in total. The van der Waals surface area contributed by atoms with Gasteiger partial charge in [0.2, 0.25) is 5.91 Å². The van der Waals surface area contributed by atoms with E-state index in [4.69, 9.17) is 11.6 Å². The molecule has 0 spiro atoms. The van der Waals surface area contributed by atoms with Gasteiger partial charge in [-0.3, -0.25) is 9.59 Å². The second kappa shape index (κ2) is 10.3. The first-order chi connectivity index (χ1) is 14.8. The fraction of sp³-hybridized carbons (Fsp3) is 0.391. The van der Waals surface area contributed by atoms with Crippen LogP contribution in [0.1, 0.15) is 50.2 Å². The number of hydrogen-bond acceptors (Lipinski definition) is 2. The predicted molar refractivity (Wildman–Crippen MR) is 114 cm³/mol. The van der Waals surface area contributed by atoms with Gasteiger partial charge >= 0.3 is 12.1 Å². The van der Waals surface area contributed by atoms with Crippen LogP contribution in [0.2, 0.25) is 5.02 Å². The quantitative estimate of drug-likeness (QED) is 0.424. The lowest BCUT2D eigenvalue weighted by Gasteiger charge is -2.26. The van der Waals surface area contributed by atoms with Gasteiger partial charge in [-0.1, -0.05) is 50.6 Å². The van der Waals surface area contributed by atoms with Crippen molar-refractivity contribution in [1.82, 2.24) is 0 Å². The van der Waals surface area contributed by atoms with Crippen molar-refractivity contribution in [2.75, 3.05) is 5.32 Å². The highest BCUT2D eigenvalue weighted by atomic mass is 35.5. The molecule has 4 nitrogen and oxygen atoms in total. The minimum absolute atomic E-state index is 0.00642. The van der Waals surface area contributed by atoms with Crippen molar-refractivity contribution >= 4 is 29.2 Å². The molecule has 2 aromatic rings. The average molecular weight is 474 g/mol. The summed E-state index contributed by atoms with van der Waals surface area (Å²) in [6, 6.07) is 8.83. The molecule has 0 aromatic heterocycles. The van der Waals surface area contributed by atoms with E-state index in [9.17, 15) is 32.3 Å². The van der Waals surface area contributed by atoms with E-state index in [1.165, 1.54) is 12.1 Å². The molecule has 0 aliphatic heterocycles. The number of carbonyl (C=O) groups excluding carboxylic acids is 1. The standard InChI is InChI=1S/C23H24ClF4NO3/c1-12(2)17(11-20(30)31)15-6-9-18(24)19(10-15)29-22(32)21(13(3)23(26,27)28)14-4-7-16(25)8-5-14/h4-10,12-13,17,21H,11H2,1-3H3,(H,29,32)(H,30,31)/t13-,17?,21+/m1/s1. The van der Waals surface area contributed by atoms with Crippen molar-refractivity contribution < 1.29 is 32.3 Å². The lowest BCUT2D eigenvalue weighted by molar-refractivity contribution is -0.178. The Hall–Kier alpha value is -2.61. The lowest BCUT2D eigenvalue weighted by Crippen LogP contribution is -2.34. The summed E-state index contributed by atoms with van der Waals surface area (Å²) in [5.74, 6) is -6.73. The fourth-order valence-electron chi connectivity index (χ4n) is 3.53. The van der Waals surface area contributed by atoms with Crippen LogP contribution in [-0.4, -0.2) is 23.2 Å². The molecule has 0 heterocycles. The van der Waals surface area contributed by atoms with E-state index in [0.717, 1.165) is 31.2 Å². The van der Waals surface area contributed by atoms with Gasteiger partial charge in [-0.05, 0) is 47.2 Å². The van der Waals surface area contributed by atoms with Crippen LogP contribution < -0.4 is 5.32 Å². The van der Waals surface area contributed by atoms with Gasteiger partial charge in [0.1, 0.15) is 5.82 Å². The third-order valence-electron chi connectivity index (χ3n) is 5.40. The summed E-state index contributed by atoms with van der Waals surface area (Å²) in [5.41, 5.74) is 0.669. The number of nitrogens with one attached hydrogen (secondary N) is 1. The summed E-state index contributed by atoms with van der Waals surface area (Å²) in [4.78, 5) is 24.2. The minimum atomic E-state index is -4.67. The second-order valence-corrected chi connectivity index (χ2v) is 8.44. The van der Waals surface area contributed by atoms with Gasteiger partial charge in [0, 0.05) is 0 Å². The topological polar surface area (TPSA) is 66.4 Å². The van der Waals surface area contributed by atoms with Crippen LogP contribution in [0.15, 0.2) is 42.5 Å². The normalized spacial score (nSPS) is 14.7. The Balaban J connectivity index is 2.42. The van der Waals surface area contributed by atoms with E-state index in [0.29, 0.717) is 5.56 Å². The maximum Gasteiger partial charge on any atom is 0.392 e. The summed E-state index contributed by atoms with van der Waals surface area (Å²) in [6.45, 7) is 4.57. The van der Waals surface area contributed by atoms with Crippen molar-refractivity contribution in [3.8, 4) is 0 Å². The number of rotatable bonds is 8. The predicted octanol–water partition coefficient (Wildman–Crippen LogP) is 6.61. The lowest BCUT2D eigenvalue weighted by atomic mass is 9.85. The zero-order valence-electron chi connectivity index (χ0n) is 17.7. The fourth-order valence-corrected chi connectivity index (χ4v) is 3.70. The number of anilines is 1. The van der Waals surface area contributed by atoms with Gasteiger partial charge < -0.3 is 10.4 Å². The Bertz CT molecular complexity index is 961. The Labute approximate surface area is 188 Å². The maximum absolute atomic E-state index is 13.5. The first-order valence-electron chi connectivity index (χ1n) is 9.95. The molecule has 0 bridgehead atoms. The zero-order chi connectivity index (χ0) is 24.2. The summed E-state index contributed by atoms with van der Waals surface area (Å²) in [7, 11) is 0. The molecule has 32 heavy (non-hydrogen) atoms.